The first-order valence-corrected chi connectivity index (χ1v) is 5.21. The van der Waals surface area contributed by atoms with Gasteiger partial charge in [-0.15, -0.1) is 0 Å². The van der Waals surface area contributed by atoms with Gasteiger partial charge in [-0.05, 0) is 6.92 Å². The predicted octanol–water partition coefficient (Wildman–Crippen LogP) is 0.902. The van der Waals surface area contributed by atoms with Crippen LogP contribution in [0.15, 0.2) is 0 Å². The zero-order valence-electron chi connectivity index (χ0n) is 10.0. The van der Waals surface area contributed by atoms with Crippen molar-refractivity contribution in [3.8, 4) is 0 Å². The van der Waals surface area contributed by atoms with Crippen LogP contribution >= 0.6 is 0 Å². The molecule has 0 amide bonds. The number of carbonyl (C=O) groups excluding carboxylic acids is 1. The molecule has 0 saturated carbocycles. The van der Waals surface area contributed by atoms with Crippen LogP contribution in [-0.4, -0.2) is 47.0 Å². The molecule has 1 N–H and O–H groups in total. The molecule has 5 nitrogen and oxygen atoms in total. The Balaban J connectivity index is 3.16. The number of hydrogen-bond acceptors (Lipinski definition) is 4. The summed E-state index contributed by atoms with van der Waals surface area (Å²) in [5.74, 6) is 0.0638. The summed E-state index contributed by atoms with van der Waals surface area (Å²) in [5.41, 5.74) is 0.461. The smallest absolute Gasteiger partial charge is 0.395 e. The van der Waals surface area contributed by atoms with Crippen LogP contribution in [0.1, 0.15) is 16.1 Å². The highest BCUT2D eigenvalue weighted by molar-refractivity contribution is 5.84. The maximum Gasteiger partial charge on any atom is 0.405 e. The molecule has 102 valence electrons. The number of aromatic nitrogens is 2. The molecule has 1 heterocycles. The molecule has 0 aliphatic rings. The minimum atomic E-state index is -4.42. The molecule has 0 aliphatic carbocycles. The minimum absolute atomic E-state index is 0.0638. The van der Waals surface area contributed by atoms with E-state index in [-0.39, 0.29) is 17.9 Å². The lowest BCUT2D eigenvalue weighted by Gasteiger charge is -2.25. The summed E-state index contributed by atoms with van der Waals surface area (Å²) in [6.07, 6.45) is -3.95. The molecule has 8 heteroatoms. The number of rotatable bonds is 5. The first kappa shape index (κ1) is 14.5. The Morgan fingerprint density at radius 2 is 2.11 bits per heavy atom. The van der Waals surface area contributed by atoms with Gasteiger partial charge in [0.2, 0.25) is 0 Å². The van der Waals surface area contributed by atoms with E-state index in [2.05, 4.69) is 5.10 Å². The van der Waals surface area contributed by atoms with Gasteiger partial charge < -0.3 is 10.0 Å². The summed E-state index contributed by atoms with van der Waals surface area (Å²) in [7, 11) is 1.45. The Bertz CT molecular complexity index is 429. The van der Waals surface area contributed by atoms with Crippen molar-refractivity contribution >= 4 is 12.1 Å². The second kappa shape index (κ2) is 5.38. The zero-order valence-corrected chi connectivity index (χ0v) is 10.0. The van der Waals surface area contributed by atoms with Gasteiger partial charge in [-0.3, -0.25) is 9.48 Å². The van der Waals surface area contributed by atoms with Crippen LogP contribution in [0.3, 0.4) is 0 Å². The molecule has 0 atom stereocenters. The highest BCUT2D eigenvalue weighted by Crippen LogP contribution is 2.25. The van der Waals surface area contributed by atoms with Gasteiger partial charge in [0.05, 0.1) is 17.9 Å². The number of nitrogens with zero attached hydrogens (tertiary/aromatic N) is 3. The highest BCUT2D eigenvalue weighted by atomic mass is 19.4. The predicted molar refractivity (Wildman–Crippen MR) is 58.7 cm³/mol. The fraction of sp³-hybridized carbons (Fsp3) is 0.600. The average Bonchev–Trinajstić information content (AvgIpc) is 2.50. The standard InChI is InChI=1S/C10H14F3N3O2/c1-7-8(5-18)9(15(2)14-7)16(3-4-17)6-10(11,12)13/h5,17H,3-4,6H2,1-2H3. The molecule has 0 bridgehead atoms. The Morgan fingerprint density at radius 3 is 2.56 bits per heavy atom. The van der Waals surface area contributed by atoms with Crippen molar-refractivity contribution in [2.24, 2.45) is 7.05 Å². The largest absolute Gasteiger partial charge is 0.405 e. The van der Waals surface area contributed by atoms with Crippen molar-refractivity contribution in [2.45, 2.75) is 13.1 Å². The fourth-order valence-corrected chi connectivity index (χ4v) is 1.77. The molecule has 0 radical (unpaired) electrons. The number of anilines is 1. The van der Waals surface area contributed by atoms with Gasteiger partial charge in [-0.25, -0.2) is 0 Å². The zero-order chi connectivity index (χ0) is 13.9. The number of carbonyl (C=O) groups is 1. The van der Waals surface area contributed by atoms with Gasteiger partial charge in [0, 0.05) is 13.6 Å². The van der Waals surface area contributed by atoms with Crippen LogP contribution in [0.2, 0.25) is 0 Å². The van der Waals surface area contributed by atoms with E-state index in [9.17, 15) is 18.0 Å². The number of aliphatic hydroxyl groups is 1. The van der Waals surface area contributed by atoms with Crippen molar-refractivity contribution in [3.63, 3.8) is 0 Å². The van der Waals surface area contributed by atoms with Crippen molar-refractivity contribution in [1.29, 1.82) is 0 Å². The number of aldehydes is 1. The summed E-state index contributed by atoms with van der Waals surface area (Å²) in [6, 6.07) is 0. The Labute approximate surface area is 102 Å². The van der Waals surface area contributed by atoms with Crippen LogP contribution < -0.4 is 4.90 Å². The topological polar surface area (TPSA) is 58.4 Å². The minimum Gasteiger partial charge on any atom is -0.395 e. The van der Waals surface area contributed by atoms with Crippen LogP contribution in [-0.2, 0) is 7.05 Å². The van der Waals surface area contributed by atoms with Crippen molar-refractivity contribution in [1.82, 2.24) is 9.78 Å². The van der Waals surface area contributed by atoms with E-state index < -0.39 is 19.3 Å². The third kappa shape index (κ3) is 3.22. The molecule has 18 heavy (non-hydrogen) atoms. The molecule has 0 spiro atoms. The van der Waals surface area contributed by atoms with Gasteiger partial charge in [0.1, 0.15) is 12.4 Å². The Hall–Kier alpha value is -1.57. The van der Waals surface area contributed by atoms with E-state index >= 15 is 0 Å². The summed E-state index contributed by atoms with van der Waals surface area (Å²) in [6.45, 7) is -0.372. The van der Waals surface area contributed by atoms with Gasteiger partial charge >= 0.3 is 6.18 Å². The summed E-state index contributed by atoms with van der Waals surface area (Å²) < 4.78 is 38.6. The second-order valence-corrected chi connectivity index (χ2v) is 3.82. The van der Waals surface area contributed by atoms with Crippen molar-refractivity contribution in [2.75, 3.05) is 24.6 Å². The van der Waals surface area contributed by atoms with Crippen molar-refractivity contribution in [3.05, 3.63) is 11.3 Å². The maximum atomic E-state index is 12.4. The van der Waals surface area contributed by atoms with E-state index in [0.717, 1.165) is 4.90 Å². The average molecular weight is 265 g/mol. The van der Waals surface area contributed by atoms with E-state index in [0.29, 0.717) is 12.0 Å². The van der Waals surface area contributed by atoms with Crippen LogP contribution in [0, 0.1) is 6.92 Å². The summed E-state index contributed by atoms with van der Waals surface area (Å²) >= 11 is 0. The number of hydrogen-bond donors (Lipinski definition) is 1. The molecule has 0 fully saturated rings. The molecule has 1 aromatic rings. The lowest BCUT2D eigenvalue weighted by Crippen LogP contribution is -2.38. The van der Waals surface area contributed by atoms with Gasteiger partial charge in [-0.1, -0.05) is 0 Å². The van der Waals surface area contributed by atoms with E-state index in [1.807, 2.05) is 0 Å². The van der Waals surface area contributed by atoms with Crippen LogP contribution in [0.25, 0.3) is 0 Å². The normalized spacial score (nSPS) is 11.7. The molecule has 0 aromatic carbocycles. The third-order valence-corrected chi connectivity index (χ3v) is 2.39. The second-order valence-electron chi connectivity index (χ2n) is 3.82. The first-order valence-electron chi connectivity index (χ1n) is 5.21. The molecule has 0 saturated heterocycles. The van der Waals surface area contributed by atoms with Crippen LogP contribution in [0.4, 0.5) is 19.0 Å². The lowest BCUT2D eigenvalue weighted by molar-refractivity contribution is -0.120. The van der Waals surface area contributed by atoms with Crippen LogP contribution in [0.5, 0.6) is 0 Å². The molecule has 1 rings (SSSR count). The monoisotopic (exact) mass is 265 g/mol. The summed E-state index contributed by atoms with van der Waals surface area (Å²) in [4.78, 5) is 11.8. The van der Waals surface area contributed by atoms with E-state index in [1.54, 1.807) is 0 Å². The quantitative estimate of drug-likeness (QED) is 0.804. The fourth-order valence-electron chi connectivity index (χ4n) is 1.77. The van der Waals surface area contributed by atoms with Gasteiger partial charge in [0.25, 0.3) is 0 Å². The highest BCUT2D eigenvalue weighted by Gasteiger charge is 2.33. The Kier molecular flexibility index (Phi) is 4.33. The molecular weight excluding hydrogens is 251 g/mol. The number of halogens is 3. The van der Waals surface area contributed by atoms with E-state index in [1.165, 1.54) is 18.7 Å². The van der Waals surface area contributed by atoms with Gasteiger partial charge in [-0.2, -0.15) is 18.3 Å². The Morgan fingerprint density at radius 1 is 1.50 bits per heavy atom. The third-order valence-electron chi connectivity index (χ3n) is 2.39. The number of aliphatic hydroxyl groups excluding tert-OH is 1. The lowest BCUT2D eigenvalue weighted by atomic mass is 10.2. The number of alkyl halides is 3. The molecular formula is C10H14F3N3O2. The molecule has 0 unspecified atom stereocenters. The first-order chi connectivity index (χ1) is 8.30. The molecule has 0 aliphatic heterocycles. The van der Waals surface area contributed by atoms with Crippen molar-refractivity contribution < 1.29 is 23.1 Å². The van der Waals surface area contributed by atoms with E-state index in [4.69, 9.17) is 5.11 Å². The summed E-state index contributed by atoms with van der Waals surface area (Å²) in [5, 5.41) is 12.7. The molecule has 1 aromatic heterocycles. The SMILES string of the molecule is Cc1nn(C)c(N(CCO)CC(F)(F)F)c1C=O. The van der Waals surface area contributed by atoms with Gasteiger partial charge in [0.15, 0.2) is 6.29 Å². The number of aryl methyl sites for hydroxylation is 2. The maximum absolute atomic E-state index is 12.4.